The fourth-order valence-electron chi connectivity index (χ4n) is 0. The van der Waals surface area contributed by atoms with Gasteiger partial charge in [0.15, 0.2) is 0 Å². The van der Waals surface area contributed by atoms with Crippen LogP contribution in [0.5, 0.6) is 0 Å². The molecular formula is C6H16Mo2N2O4S2. The second-order valence-corrected chi connectivity index (χ2v) is 2.25. The van der Waals surface area contributed by atoms with Crippen LogP contribution in [0.1, 0.15) is 13.8 Å². The summed E-state index contributed by atoms with van der Waals surface area (Å²) >= 11 is 6.44. The molecule has 0 aromatic carbocycles. The molecule has 0 saturated heterocycles. The first kappa shape index (κ1) is 30.2. The zero-order valence-corrected chi connectivity index (χ0v) is 14.5. The molecule has 6 nitrogen and oxygen atoms in total. The number of carboxylic acids is 2. The minimum Gasteiger partial charge on any atom is -0.480 e. The van der Waals surface area contributed by atoms with E-state index in [9.17, 15) is 9.59 Å². The predicted octanol–water partition coefficient (Wildman–Crippen LogP) is -0.408. The Balaban J connectivity index is -0.0000000393. The molecule has 0 aromatic rings. The second-order valence-electron chi connectivity index (χ2n) is 2.25. The summed E-state index contributed by atoms with van der Waals surface area (Å²) < 4.78 is 0. The van der Waals surface area contributed by atoms with E-state index in [0.29, 0.717) is 0 Å². The van der Waals surface area contributed by atoms with E-state index in [2.05, 4.69) is 23.3 Å². The van der Waals surface area contributed by atoms with Crippen LogP contribution in [0, 0.1) is 0 Å². The molecule has 0 aliphatic carbocycles. The van der Waals surface area contributed by atoms with Crippen LogP contribution in [0.2, 0.25) is 0 Å². The molecule has 2 atom stereocenters. The van der Waals surface area contributed by atoms with Gasteiger partial charge >= 0.3 is 11.9 Å². The molecule has 16 heavy (non-hydrogen) atoms. The largest absolute Gasteiger partial charge is 0.480 e. The van der Waals surface area contributed by atoms with E-state index in [4.69, 9.17) is 21.7 Å². The van der Waals surface area contributed by atoms with Gasteiger partial charge in [0, 0.05) is 42.1 Å². The number of nitrogens with two attached hydrogens (primary N) is 2. The van der Waals surface area contributed by atoms with E-state index in [0.717, 1.165) is 0 Å². The molecule has 0 unspecified atom stereocenters. The quantitative estimate of drug-likeness (QED) is 0.199. The van der Waals surface area contributed by atoms with Gasteiger partial charge in [0.25, 0.3) is 0 Å². The third-order valence-electron chi connectivity index (χ3n) is 0.779. The van der Waals surface area contributed by atoms with Gasteiger partial charge in [0.05, 0.1) is 0 Å². The average Bonchev–Trinajstić information content (AvgIpc) is 2.08. The Morgan fingerprint density at radius 3 is 1.00 bits per heavy atom. The SMILES string of the molecule is C[C@H](N)C(=O)O.C[C@H](N)C(=O)O.SS.[Mo].[Mo]. The summed E-state index contributed by atoms with van der Waals surface area (Å²) in [5.74, 6) is -1.93. The summed E-state index contributed by atoms with van der Waals surface area (Å²) in [6.45, 7) is 2.84. The van der Waals surface area contributed by atoms with Gasteiger partial charge in [0.1, 0.15) is 12.1 Å². The van der Waals surface area contributed by atoms with Crippen molar-refractivity contribution in [3.63, 3.8) is 0 Å². The van der Waals surface area contributed by atoms with Gasteiger partial charge in [-0.3, -0.25) is 9.59 Å². The Bertz CT molecular complexity index is 155. The number of carboxylic acid groups (broad SMARTS) is 2. The molecule has 6 N–H and O–H groups in total. The van der Waals surface area contributed by atoms with Crippen LogP contribution >= 0.6 is 23.3 Å². The Morgan fingerprint density at radius 1 is 0.938 bits per heavy atom. The molecule has 0 heterocycles. The number of hydrogen-bond acceptors (Lipinski definition) is 6. The van der Waals surface area contributed by atoms with Gasteiger partial charge in [-0.05, 0) is 13.8 Å². The number of rotatable bonds is 2. The van der Waals surface area contributed by atoms with Crippen molar-refractivity contribution in [3.05, 3.63) is 0 Å². The topological polar surface area (TPSA) is 127 Å². The zero-order valence-electron chi connectivity index (χ0n) is 8.73. The Hall–Kier alpha value is 0.937. The van der Waals surface area contributed by atoms with Crippen molar-refractivity contribution < 1.29 is 61.9 Å². The number of carbonyl (C=O) groups is 2. The number of aliphatic carboxylic acids is 2. The third-order valence-corrected chi connectivity index (χ3v) is 0.779. The van der Waals surface area contributed by atoms with Gasteiger partial charge in [0.2, 0.25) is 0 Å². The van der Waals surface area contributed by atoms with Crippen molar-refractivity contribution in [2.24, 2.45) is 11.5 Å². The molecule has 0 aliphatic rings. The Kier molecular flexibility index (Phi) is 40.1. The first-order valence-corrected chi connectivity index (χ1v) is 5.05. The molecule has 0 fully saturated rings. The standard InChI is InChI=1S/2C3H7NO2.2Mo.H2S2/c2*1-2(4)3(5)6;;;1-2/h2*2H,4H2,1H3,(H,5,6);;;1-2H/t2*2-;;;/m00.../s1. The monoisotopic (exact) mass is 440 g/mol. The van der Waals surface area contributed by atoms with Crippen LogP contribution in [-0.2, 0) is 51.7 Å². The predicted molar refractivity (Wildman–Crippen MR) is 60.5 cm³/mol. The van der Waals surface area contributed by atoms with Gasteiger partial charge in [-0.1, -0.05) is 0 Å². The van der Waals surface area contributed by atoms with Gasteiger partial charge in [-0.2, -0.15) is 0 Å². The van der Waals surface area contributed by atoms with Crippen LogP contribution in [0.3, 0.4) is 0 Å². The maximum absolute atomic E-state index is 9.57. The summed E-state index contributed by atoms with van der Waals surface area (Å²) in [5.41, 5.74) is 9.67. The Morgan fingerprint density at radius 2 is 1.00 bits per heavy atom. The van der Waals surface area contributed by atoms with Gasteiger partial charge in [-0.15, -0.1) is 23.3 Å². The summed E-state index contributed by atoms with van der Waals surface area (Å²) in [4.78, 5) is 19.1. The van der Waals surface area contributed by atoms with E-state index in [1.165, 1.54) is 13.8 Å². The molecule has 0 amide bonds. The van der Waals surface area contributed by atoms with E-state index < -0.39 is 24.0 Å². The molecule has 0 spiro atoms. The fourth-order valence-corrected chi connectivity index (χ4v) is 0. The van der Waals surface area contributed by atoms with E-state index in [-0.39, 0.29) is 42.1 Å². The Labute approximate surface area is 134 Å². The minimum atomic E-state index is -0.963. The van der Waals surface area contributed by atoms with E-state index >= 15 is 0 Å². The van der Waals surface area contributed by atoms with E-state index in [1.807, 2.05) is 0 Å². The number of thiol groups is 2. The molecule has 0 aromatic heterocycles. The van der Waals surface area contributed by atoms with Gasteiger partial charge in [-0.25, -0.2) is 0 Å². The number of hydrogen-bond donors (Lipinski definition) is 6. The maximum Gasteiger partial charge on any atom is 0.320 e. The molecule has 10 heteroatoms. The summed E-state index contributed by atoms with van der Waals surface area (Å²) in [5, 5.41) is 15.7. The summed E-state index contributed by atoms with van der Waals surface area (Å²) in [7, 11) is 0. The van der Waals surface area contributed by atoms with Crippen LogP contribution in [-0.4, -0.2) is 34.2 Å². The second kappa shape index (κ2) is 21.2. The van der Waals surface area contributed by atoms with Crippen LogP contribution in [0.25, 0.3) is 0 Å². The molecule has 0 bridgehead atoms. The average molecular weight is 436 g/mol. The van der Waals surface area contributed by atoms with Crippen LogP contribution < -0.4 is 11.5 Å². The molecule has 98 valence electrons. The van der Waals surface area contributed by atoms with Crippen molar-refractivity contribution >= 4 is 35.3 Å². The maximum atomic E-state index is 9.57. The molecule has 0 radical (unpaired) electrons. The van der Waals surface area contributed by atoms with Crippen molar-refractivity contribution in [3.8, 4) is 0 Å². The zero-order chi connectivity index (χ0) is 12.3. The van der Waals surface area contributed by atoms with Crippen LogP contribution in [0.4, 0.5) is 0 Å². The smallest absolute Gasteiger partial charge is 0.320 e. The molecule has 0 rings (SSSR count). The minimum absolute atomic E-state index is 0. The van der Waals surface area contributed by atoms with Crippen molar-refractivity contribution in [1.82, 2.24) is 0 Å². The van der Waals surface area contributed by atoms with Gasteiger partial charge < -0.3 is 21.7 Å². The molecular weight excluding hydrogens is 420 g/mol. The normalized spacial score (nSPS) is 10.6. The third kappa shape index (κ3) is 36.3. The van der Waals surface area contributed by atoms with Crippen molar-refractivity contribution in [1.29, 1.82) is 0 Å². The molecule has 0 aliphatic heterocycles. The summed E-state index contributed by atoms with van der Waals surface area (Å²) in [6.07, 6.45) is 0. The first-order chi connectivity index (χ1) is 6.29. The van der Waals surface area contributed by atoms with E-state index in [1.54, 1.807) is 0 Å². The van der Waals surface area contributed by atoms with Crippen LogP contribution in [0.15, 0.2) is 0 Å². The first-order valence-electron chi connectivity index (χ1n) is 3.45. The van der Waals surface area contributed by atoms with Crippen molar-refractivity contribution in [2.45, 2.75) is 25.9 Å². The fraction of sp³-hybridized carbons (Fsp3) is 0.667. The van der Waals surface area contributed by atoms with Crippen molar-refractivity contribution in [2.75, 3.05) is 0 Å². The summed E-state index contributed by atoms with van der Waals surface area (Å²) in [6, 6.07) is -1.46. The molecule has 0 saturated carbocycles.